The summed E-state index contributed by atoms with van der Waals surface area (Å²) in [6, 6.07) is 0. The summed E-state index contributed by atoms with van der Waals surface area (Å²) in [5.41, 5.74) is -0.447. The molecule has 29 heavy (non-hydrogen) atoms. The Hall–Kier alpha value is -0.690. The molecule has 0 aromatic rings. The van der Waals surface area contributed by atoms with Gasteiger partial charge in [-0.05, 0) is 77.2 Å². The highest BCUT2D eigenvalue weighted by atomic mass is 17.5. The first kappa shape index (κ1) is 28.3. The average Bonchev–Trinajstić information content (AvgIpc) is 2.50. The smallest absolute Gasteiger partial charge is 0.269 e. The molecule has 1 unspecified atom stereocenters. The van der Waals surface area contributed by atoms with Crippen molar-refractivity contribution < 1.29 is 29.4 Å². The van der Waals surface area contributed by atoms with E-state index in [0.29, 0.717) is 12.5 Å². The first-order chi connectivity index (χ1) is 13.1. The number of hydrogen-bond donors (Lipinski definition) is 0. The molecule has 0 heterocycles. The summed E-state index contributed by atoms with van der Waals surface area (Å²) in [5.74, 6) is -0.133. The Bertz CT molecular complexity index is 436. The molecular formula is C23H46O6. The Balaban J connectivity index is 0.000000571. The fraction of sp³-hybridized carbons (Fsp3) is 0.957. The zero-order valence-electron chi connectivity index (χ0n) is 20.6. The Labute approximate surface area is 178 Å². The van der Waals surface area contributed by atoms with Crippen LogP contribution in [0.25, 0.3) is 0 Å². The summed E-state index contributed by atoms with van der Waals surface area (Å²) >= 11 is 0. The Kier molecular flexibility index (Phi) is 12.6. The summed E-state index contributed by atoms with van der Waals surface area (Å²) in [7, 11) is 0. The first-order valence-corrected chi connectivity index (χ1v) is 11.0. The van der Waals surface area contributed by atoms with E-state index in [1.54, 1.807) is 0 Å². The minimum absolute atomic E-state index is 0.169. The van der Waals surface area contributed by atoms with E-state index in [-0.39, 0.29) is 16.9 Å². The largest absolute Gasteiger partial charge is 0.345 e. The second-order valence-corrected chi connectivity index (χ2v) is 11.3. The van der Waals surface area contributed by atoms with Gasteiger partial charge in [-0.3, -0.25) is 4.89 Å². The molecule has 1 aliphatic carbocycles. The van der Waals surface area contributed by atoms with E-state index < -0.39 is 11.6 Å². The van der Waals surface area contributed by atoms with Crippen LogP contribution in [0.5, 0.6) is 0 Å². The minimum Gasteiger partial charge on any atom is -0.269 e. The van der Waals surface area contributed by atoms with Crippen molar-refractivity contribution in [3.05, 3.63) is 0 Å². The van der Waals surface area contributed by atoms with Crippen LogP contribution >= 0.6 is 0 Å². The van der Waals surface area contributed by atoms with Crippen molar-refractivity contribution in [2.24, 2.45) is 11.3 Å². The van der Waals surface area contributed by atoms with Crippen molar-refractivity contribution >= 4 is 5.97 Å². The molecule has 1 saturated carbocycles. The van der Waals surface area contributed by atoms with Crippen molar-refractivity contribution in [3.8, 4) is 0 Å². The lowest BCUT2D eigenvalue weighted by Gasteiger charge is -2.25. The van der Waals surface area contributed by atoms with Gasteiger partial charge in [0.25, 0.3) is 0 Å². The van der Waals surface area contributed by atoms with Crippen LogP contribution in [0.3, 0.4) is 0 Å². The van der Waals surface area contributed by atoms with Crippen molar-refractivity contribution in [2.45, 2.75) is 131 Å². The van der Waals surface area contributed by atoms with Gasteiger partial charge in [0.15, 0.2) is 0 Å². The summed E-state index contributed by atoms with van der Waals surface area (Å²) < 4.78 is 0. The topological polar surface area (TPSA) is 63.2 Å². The van der Waals surface area contributed by atoms with Gasteiger partial charge >= 0.3 is 5.97 Å². The van der Waals surface area contributed by atoms with E-state index >= 15 is 0 Å². The van der Waals surface area contributed by atoms with Crippen molar-refractivity contribution in [1.29, 1.82) is 0 Å². The molecule has 0 aromatic heterocycles. The van der Waals surface area contributed by atoms with Gasteiger partial charge in [-0.1, -0.05) is 47.0 Å². The SMILES string of the molecule is CC(C)(C)OOC1CCCCC1.CC(CC(=O)OOOC(C)(C)C)CC(C)(C)C. The fourth-order valence-electron chi connectivity index (χ4n) is 2.97. The molecule has 0 aromatic carbocycles. The first-order valence-electron chi connectivity index (χ1n) is 11.0. The highest BCUT2D eigenvalue weighted by Gasteiger charge is 2.20. The molecule has 1 rings (SSSR count). The summed E-state index contributed by atoms with van der Waals surface area (Å²) in [5, 5.41) is 4.44. The van der Waals surface area contributed by atoms with Gasteiger partial charge < -0.3 is 0 Å². The number of rotatable bonds is 7. The maximum atomic E-state index is 11.4. The van der Waals surface area contributed by atoms with E-state index in [9.17, 15) is 4.79 Å². The van der Waals surface area contributed by atoms with Gasteiger partial charge in [0, 0.05) is 0 Å². The molecule has 0 amide bonds. The third kappa shape index (κ3) is 20.4. The summed E-state index contributed by atoms with van der Waals surface area (Å²) in [6.45, 7) is 19.9. The van der Waals surface area contributed by atoms with Crippen molar-refractivity contribution in [1.82, 2.24) is 0 Å². The molecule has 0 N–H and O–H groups in total. The number of hydrogen-bond acceptors (Lipinski definition) is 6. The van der Waals surface area contributed by atoms with E-state index in [1.165, 1.54) is 19.3 Å². The zero-order valence-corrected chi connectivity index (χ0v) is 20.6. The second-order valence-electron chi connectivity index (χ2n) is 11.3. The molecule has 1 aliphatic rings. The third-order valence-electron chi connectivity index (χ3n) is 3.87. The highest BCUT2D eigenvalue weighted by molar-refractivity contribution is 5.68. The summed E-state index contributed by atoms with van der Waals surface area (Å²) in [6.07, 6.45) is 7.91. The predicted octanol–water partition coefficient (Wildman–Crippen LogP) is 6.72. The average molecular weight is 419 g/mol. The predicted molar refractivity (Wildman–Crippen MR) is 115 cm³/mol. The van der Waals surface area contributed by atoms with Crippen LogP contribution in [0.1, 0.15) is 114 Å². The van der Waals surface area contributed by atoms with Crippen LogP contribution in [-0.2, 0) is 29.4 Å². The molecular weight excluding hydrogens is 372 g/mol. The van der Waals surface area contributed by atoms with Gasteiger partial charge in [-0.25, -0.2) is 14.6 Å². The van der Waals surface area contributed by atoms with Crippen molar-refractivity contribution in [3.63, 3.8) is 0 Å². The molecule has 0 bridgehead atoms. The molecule has 1 atom stereocenters. The molecule has 0 saturated heterocycles. The quantitative estimate of drug-likeness (QED) is 0.338. The maximum absolute atomic E-state index is 11.4. The van der Waals surface area contributed by atoms with Crippen LogP contribution < -0.4 is 0 Å². The monoisotopic (exact) mass is 418 g/mol. The number of carbonyl (C=O) groups is 1. The van der Waals surface area contributed by atoms with Crippen LogP contribution in [-0.4, -0.2) is 23.3 Å². The lowest BCUT2D eigenvalue weighted by atomic mass is 9.84. The molecule has 0 aliphatic heterocycles. The molecule has 6 heteroatoms. The van der Waals surface area contributed by atoms with Gasteiger partial charge in [0.2, 0.25) is 0 Å². The lowest BCUT2D eigenvalue weighted by Crippen LogP contribution is -2.25. The van der Waals surface area contributed by atoms with Gasteiger partial charge in [0.1, 0.15) is 0 Å². The molecule has 174 valence electrons. The lowest BCUT2D eigenvalue weighted by molar-refractivity contribution is -0.514. The minimum atomic E-state index is -0.489. The standard InChI is InChI=1S/C13H26O4.C10H20O2/c1-10(9-12(2,3)4)8-11(14)15-17-16-13(5,6)7;1-10(2,3)12-11-9-7-5-4-6-8-9/h10H,8-9H2,1-7H3;9H,4-8H2,1-3H3. The van der Waals surface area contributed by atoms with E-state index in [2.05, 4.69) is 30.7 Å². The van der Waals surface area contributed by atoms with Crippen molar-refractivity contribution in [2.75, 3.05) is 0 Å². The molecule has 0 radical (unpaired) electrons. The number of carbonyl (C=O) groups excluding carboxylic acids is 1. The van der Waals surface area contributed by atoms with Gasteiger partial charge in [0.05, 0.1) is 23.7 Å². The third-order valence-corrected chi connectivity index (χ3v) is 3.87. The van der Waals surface area contributed by atoms with Crippen LogP contribution in [0.4, 0.5) is 0 Å². The highest BCUT2D eigenvalue weighted by Crippen LogP contribution is 2.26. The Morgan fingerprint density at radius 2 is 1.38 bits per heavy atom. The van der Waals surface area contributed by atoms with E-state index in [4.69, 9.17) is 14.7 Å². The Morgan fingerprint density at radius 3 is 1.83 bits per heavy atom. The molecule has 1 fully saturated rings. The van der Waals surface area contributed by atoms with Crippen LogP contribution in [0, 0.1) is 11.3 Å². The van der Waals surface area contributed by atoms with Gasteiger partial charge in [-0.15, -0.1) is 0 Å². The second kappa shape index (κ2) is 12.9. The van der Waals surface area contributed by atoms with E-state index in [1.807, 2.05) is 48.5 Å². The molecule has 6 nitrogen and oxygen atoms in total. The van der Waals surface area contributed by atoms with Crippen LogP contribution in [0.15, 0.2) is 0 Å². The normalized spacial score (nSPS) is 17.3. The maximum Gasteiger partial charge on any atom is 0.345 e. The Morgan fingerprint density at radius 1 is 0.862 bits per heavy atom. The zero-order chi connectivity index (χ0) is 22.7. The van der Waals surface area contributed by atoms with Crippen LogP contribution in [0.2, 0.25) is 0 Å². The summed E-state index contributed by atoms with van der Waals surface area (Å²) in [4.78, 5) is 31.4. The molecule has 0 spiro atoms. The van der Waals surface area contributed by atoms with E-state index in [0.717, 1.165) is 19.3 Å². The fourth-order valence-corrected chi connectivity index (χ4v) is 2.97. The van der Waals surface area contributed by atoms with Gasteiger partial charge in [-0.2, -0.15) is 4.89 Å².